The molecule has 0 bridgehead atoms. The zero-order chi connectivity index (χ0) is 16.2. The lowest BCUT2D eigenvalue weighted by Gasteiger charge is -2.02. The SMILES string of the molecule is O=C(NCc1nc(-c2cccc(Cl)c2)no1)c1ccc(I)cc1. The number of nitrogens with one attached hydrogen (secondary N) is 1. The number of carbonyl (C=O) groups excluding carboxylic acids is 1. The summed E-state index contributed by atoms with van der Waals surface area (Å²) in [6.07, 6.45) is 0. The number of rotatable bonds is 4. The molecule has 0 atom stereocenters. The Morgan fingerprint density at radius 1 is 1.22 bits per heavy atom. The van der Waals surface area contributed by atoms with E-state index in [9.17, 15) is 4.79 Å². The molecule has 2 aromatic carbocycles. The number of benzene rings is 2. The van der Waals surface area contributed by atoms with Gasteiger partial charge in [-0.3, -0.25) is 4.79 Å². The van der Waals surface area contributed by atoms with E-state index in [2.05, 4.69) is 38.0 Å². The van der Waals surface area contributed by atoms with Crippen LogP contribution >= 0.6 is 34.2 Å². The van der Waals surface area contributed by atoms with Gasteiger partial charge in [-0.25, -0.2) is 0 Å². The molecule has 1 aromatic heterocycles. The molecule has 0 radical (unpaired) electrons. The van der Waals surface area contributed by atoms with Crippen molar-refractivity contribution in [3.05, 3.63) is 68.6 Å². The lowest BCUT2D eigenvalue weighted by molar-refractivity contribution is 0.0946. The summed E-state index contributed by atoms with van der Waals surface area (Å²) in [5.74, 6) is 0.578. The molecular weight excluding hydrogens is 429 g/mol. The standard InChI is InChI=1S/C16H11ClIN3O2/c17-12-3-1-2-11(8-12)15-20-14(23-21-15)9-19-16(22)10-4-6-13(18)7-5-10/h1-8H,9H2,(H,19,22). The molecule has 116 valence electrons. The van der Waals surface area contributed by atoms with Crippen molar-refractivity contribution >= 4 is 40.1 Å². The molecule has 0 aliphatic carbocycles. The van der Waals surface area contributed by atoms with Crippen LogP contribution < -0.4 is 5.32 Å². The Hall–Kier alpha value is -1.93. The molecule has 5 nitrogen and oxygen atoms in total. The third-order valence-electron chi connectivity index (χ3n) is 3.06. The van der Waals surface area contributed by atoms with Crippen LogP contribution in [0.25, 0.3) is 11.4 Å². The van der Waals surface area contributed by atoms with Crippen LogP contribution in [0.4, 0.5) is 0 Å². The van der Waals surface area contributed by atoms with Crippen LogP contribution in [-0.2, 0) is 6.54 Å². The Morgan fingerprint density at radius 2 is 2.00 bits per heavy atom. The van der Waals surface area contributed by atoms with Crippen molar-refractivity contribution in [3.63, 3.8) is 0 Å². The van der Waals surface area contributed by atoms with Gasteiger partial charge in [0.05, 0.1) is 6.54 Å². The van der Waals surface area contributed by atoms with Crippen LogP contribution in [0, 0.1) is 3.57 Å². The summed E-state index contributed by atoms with van der Waals surface area (Å²) in [6, 6.07) is 14.5. The summed E-state index contributed by atoms with van der Waals surface area (Å²) in [5, 5.41) is 7.24. The molecule has 0 aliphatic rings. The molecular formula is C16H11ClIN3O2. The molecule has 3 aromatic rings. The van der Waals surface area contributed by atoms with Crippen molar-refractivity contribution in [2.75, 3.05) is 0 Å². The minimum Gasteiger partial charge on any atom is -0.343 e. The van der Waals surface area contributed by atoms with E-state index in [1.54, 1.807) is 24.3 Å². The van der Waals surface area contributed by atoms with Gasteiger partial charge in [0.15, 0.2) is 0 Å². The van der Waals surface area contributed by atoms with Crippen molar-refractivity contribution in [1.29, 1.82) is 0 Å². The normalized spacial score (nSPS) is 10.5. The summed E-state index contributed by atoms with van der Waals surface area (Å²) in [4.78, 5) is 16.3. The molecule has 1 N–H and O–H groups in total. The minimum atomic E-state index is -0.191. The van der Waals surface area contributed by atoms with E-state index in [0.29, 0.717) is 22.3 Å². The second-order valence-corrected chi connectivity index (χ2v) is 6.39. The van der Waals surface area contributed by atoms with Crippen LogP contribution in [0.5, 0.6) is 0 Å². The van der Waals surface area contributed by atoms with Gasteiger partial charge < -0.3 is 9.84 Å². The van der Waals surface area contributed by atoms with Gasteiger partial charge in [-0.2, -0.15) is 4.98 Å². The van der Waals surface area contributed by atoms with Gasteiger partial charge >= 0.3 is 0 Å². The fourth-order valence-electron chi connectivity index (χ4n) is 1.93. The van der Waals surface area contributed by atoms with E-state index in [4.69, 9.17) is 16.1 Å². The largest absolute Gasteiger partial charge is 0.343 e. The van der Waals surface area contributed by atoms with Crippen molar-refractivity contribution < 1.29 is 9.32 Å². The summed E-state index contributed by atoms with van der Waals surface area (Å²) < 4.78 is 6.22. The smallest absolute Gasteiger partial charge is 0.251 e. The van der Waals surface area contributed by atoms with Gasteiger partial charge in [0, 0.05) is 19.7 Å². The molecule has 0 unspecified atom stereocenters. The second-order valence-electron chi connectivity index (χ2n) is 4.71. The number of nitrogens with zero attached hydrogens (tertiary/aromatic N) is 2. The number of hydrogen-bond donors (Lipinski definition) is 1. The van der Waals surface area contributed by atoms with Crippen LogP contribution in [0.1, 0.15) is 16.2 Å². The van der Waals surface area contributed by atoms with Gasteiger partial charge in [0.2, 0.25) is 11.7 Å². The highest BCUT2D eigenvalue weighted by molar-refractivity contribution is 14.1. The van der Waals surface area contributed by atoms with E-state index >= 15 is 0 Å². The van der Waals surface area contributed by atoms with Crippen molar-refractivity contribution in [2.45, 2.75) is 6.54 Å². The topological polar surface area (TPSA) is 68.0 Å². The quantitative estimate of drug-likeness (QED) is 0.626. The number of amides is 1. The Morgan fingerprint density at radius 3 is 2.74 bits per heavy atom. The average molecular weight is 440 g/mol. The molecule has 3 rings (SSSR count). The first-order chi connectivity index (χ1) is 11.1. The Labute approximate surface area is 151 Å². The molecule has 0 spiro atoms. The van der Waals surface area contributed by atoms with E-state index in [1.165, 1.54) is 0 Å². The Balaban J connectivity index is 1.65. The summed E-state index contributed by atoms with van der Waals surface area (Å²) in [5.41, 5.74) is 1.34. The first kappa shape index (κ1) is 15.9. The number of hydrogen-bond acceptors (Lipinski definition) is 4. The molecule has 0 saturated carbocycles. The highest BCUT2D eigenvalue weighted by atomic mass is 127. The lowest BCUT2D eigenvalue weighted by atomic mass is 10.2. The van der Waals surface area contributed by atoms with E-state index < -0.39 is 0 Å². The van der Waals surface area contributed by atoms with Gasteiger partial charge in [0.25, 0.3) is 5.91 Å². The average Bonchev–Trinajstić information content (AvgIpc) is 3.02. The highest BCUT2D eigenvalue weighted by Crippen LogP contribution is 2.19. The third-order valence-corrected chi connectivity index (χ3v) is 4.01. The first-order valence-electron chi connectivity index (χ1n) is 6.74. The number of halogens is 2. The molecule has 23 heavy (non-hydrogen) atoms. The van der Waals surface area contributed by atoms with E-state index in [0.717, 1.165) is 9.13 Å². The summed E-state index contributed by atoms with van der Waals surface area (Å²) in [7, 11) is 0. The lowest BCUT2D eigenvalue weighted by Crippen LogP contribution is -2.22. The summed E-state index contributed by atoms with van der Waals surface area (Å²) >= 11 is 8.13. The minimum absolute atomic E-state index is 0.165. The highest BCUT2D eigenvalue weighted by Gasteiger charge is 2.11. The zero-order valence-corrected chi connectivity index (χ0v) is 14.7. The van der Waals surface area contributed by atoms with Crippen molar-refractivity contribution in [3.8, 4) is 11.4 Å². The molecule has 1 heterocycles. The Bertz CT molecular complexity index is 833. The van der Waals surface area contributed by atoms with E-state index in [-0.39, 0.29) is 12.5 Å². The molecule has 0 aliphatic heterocycles. The molecule has 0 saturated heterocycles. The monoisotopic (exact) mass is 439 g/mol. The Kier molecular flexibility index (Phi) is 4.92. The van der Waals surface area contributed by atoms with Crippen molar-refractivity contribution in [2.24, 2.45) is 0 Å². The fraction of sp³-hybridized carbons (Fsp3) is 0.0625. The molecule has 0 fully saturated rings. The number of aromatic nitrogens is 2. The van der Waals surface area contributed by atoms with Gasteiger partial charge in [-0.05, 0) is 59.0 Å². The molecule has 1 amide bonds. The zero-order valence-electron chi connectivity index (χ0n) is 11.8. The van der Waals surface area contributed by atoms with Crippen LogP contribution in [0.2, 0.25) is 5.02 Å². The van der Waals surface area contributed by atoms with Gasteiger partial charge in [-0.1, -0.05) is 28.9 Å². The van der Waals surface area contributed by atoms with Gasteiger partial charge in [0.1, 0.15) is 0 Å². The molecule has 7 heteroatoms. The summed E-state index contributed by atoms with van der Waals surface area (Å²) in [6.45, 7) is 0.165. The predicted octanol–water partition coefficient (Wildman–Crippen LogP) is 3.92. The second kappa shape index (κ2) is 7.10. The van der Waals surface area contributed by atoms with Crippen LogP contribution in [0.15, 0.2) is 53.1 Å². The van der Waals surface area contributed by atoms with Crippen LogP contribution in [0.3, 0.4) is 0 Å². The third kappa shape index (κ3) is 4.08. The maximum atomic E-state index is 12.0. The van der Waals surface area contributed by atoms with Crippen molar-refractivity contribution in [1.82, 2.24) is 15.5 Å². The fourth-order valence-corrected chi connectivity index (χ4v) is 2.48. The number of carbonyl (C=O) groups is 1. The predicted molar refractivity (Wildman–Crippen MR) is 95.1 cm³/mol. The maximum absolute atomic E-state index is 12.0. The van der Waals surface area contributed by atoms with E-state index in [1.807, 2.05) is 24.3 Å². The van der Waals surface area contributed by atoms with Crippen LogP contribution in [-0.4, -0.2) is 16.0 Å². The first-order valence-corrected chi connectivity index (χ1v) is 8.20. The van der Waals surface area contributed by atoms with Gasteiger partial charge in [-0.15, -0.1) is 0 Å². The maximum Gasteiger partial charge on any atom is 0.251 e.